The van der Waals surface area contributed by atoms with Gasteiger partial charge in [-0.05, 0) is 30.3 Å². The maximum atomic E-state index is 13.8. The van der Waals surface area contributed by atoms with Crippen LogP contribution in [0.2, 0.25) is 10.0 Å². The van der Waals surface area contributed by atoms with Gasteiger partial charge < -0.3 is 10.3 Å². The average Bonchev–Trinajstić information content (AvgIpc) is 3.42. The lowest BCUT2D eigenvalue weighted by atomic mass is 10.1. The first-order valence-corrected chi connectivity index (χ1v) is 9.84. The number of aromatic nitrogens is 6. The summed E-state index contributed by atoms with van der Waals surface area (Å²) < 4.78 is 34.0. The molecule has 4 heterocycles. The molecule has 0 radical (unpaired) electrons. The minimum atomic E-state index is -2.81. The van der Waals surface area contributed by atoms with Gasteiger partial charge in [0, 0.05) is 17.3 Å². The minimum Gasteiger partial charge on any atom is -0.384 e. The number of nitrogens with two attached hydrogens (primary N) is 1. The van der Waals surface area contributed by atoms with E-state index in [-0.39, 0.29) is 39.3 Å². The third-order valence-corrected chi connectivity index (χ3v) is 5.38. The fourth-order valence-electron chi connectivity index (χ4n) is 3.08. The average molecular weight is 474 g/mol. The van der Waals surface area contributed by atoms with E-state index in [1.54, 1.807) is 30.3 Å². The molecular weight excluding hydrogens is 463 g/mol. The summed E-state index contributed by atoms with van der Waals surface area (Å²) in [5.74, 6) is 0.658. The molecule has 0 aliphatic heterocycles. The van der Waals surface area contributed by atoms with Gasteiger partial charge in [0.05, 0.1) is 21.9 Å². The third-order valence-electron chi connectivity index (χ3n) is 4.64. The van der Waals surface area contributed by atoms with Crippen molar-refractivity contribution in [3.8, 4) is 34.1 Å². The molecule has 0 spiro atoms. The van der Waals surface area contributed by atoms with Crippen LogP contribution in [-0.2, 0) is 0 Å². The van der Waals surface area contributed by atoms with Crippen molar-refractivity contribution in [2.75, 3.05) is 5.73 Å². The topological polar surface area (TPSA) is 108 Å². The molecule has 8 nitrogen and oxygen atoms in total. The Morgan fingerprint density at radius 3 is 2.50 bits per heavy atom. The number of hydrogen-bond donors (Lipinski definition) is 1. The molecule has 0 aliphatic carbocycles. The summed E-state index contributed by atoms with van der Waals surface area (Å²) in [7, 11) is 0. The SMILES string of the molecule is Nc1ccc(-c2noc(-c3cnn4c(C(F)F)cc(-c5ccc(Cl)c(Cl)c5)nc34)n2)cn1. The predicted octanol–water partition coefficient (Wildman–Crippen LogP) is 5.33. The standard InChI is InChI=1S/C20H11Cl2F2N7O/c21-12-3-1-9(5-13(12)22)14-6-15(17(23)24)31-19(28-14)11(8-27-31)20-29-18(30-32-20)10-2-4-16(25)26-7-10/h1-8,17H,(H2,25,26). The summed E-state index contributed by atoms with van der Waals surface area (Å²) in [6, 6.07) is 9.27. The van der Waals surface area contributed by atoms with Crippen LogP contribution in [0.1, 0.15) is 12.1 Å². The minimum absolute atomic E-state index is 0.0610. The monoisotopic (exact) mass is 473 g/mol. The number of rotatable bonds is 4. The molecule has 0 amide bonds. The van der Waals surface area contributed by atoms with E-state index < -0.39 is 6.43 Å². The van der Waals surface area contributed by atoms with E-state index in [4.69, 9.17) is 33.5 Å². The molecule has 1 aromatic carbocycles. The molecule has 32 heavy (non-hydrogen) atoms. The molecular formula is C20H11Cl2F2N7O. The predicted molar refractivity (Wildman–Crippen MR) is 114 cm³/mol. The van der Waals surface area contributed by atoms with E-state index in [0.29, 0.717) is 22.0 Å². The van der Waals surface area contributed by atoms with E-state index in [1.165, 1.54) is 18.5 Å². The first-order valence-electron chi connectivity index (χ1n) is 9.09. The van der Waals surface area contributed by atoms with E-state index in [9.17, 15) is 8.78 Å². The summed E-state index contributed by atoms with van der Waals surface area (Å²) in [6.07, 6.45) is 0.0231. The van der Waals surface area contributed by atoms with Crippen LogP contribution in [0, 0.1) is 0 Å². The fraction of sp³-hybridized carbons (Fsp3) is 0.0500. The first-order chi connectivity index (χ1) is 15.4. The van der Waals surface area contributed by atoms with Crippen molar-refractivity contribution < 1.29 is 13.3 Å². The number of fused-ring (bicyclic) bond motifs is 1. The number of hydrogen-bond acceptors (Lipinski definition) is 7. The first kappa shape index (κ1) is 20.3. The lowest BCUT2D eigenvalue weighted by molar-refractivity contribution is 0.143. The smallest absolute Gasteiger partial charge is 0.280 e. The van der Waals surface area contributed by atoms with E-state index in [1.807, 2.05) is 0 Å². The van der Waals surface area contributed by atoms with Gasteiger partial charge in [0.15, 0.2) is 5.65 Å². The van der Waals surface area contributed by atoms with E-state index >= 15 is 0 Å². The highest BCUT2D eigenvalue weighted by atomic mass is 35.5. The largest absolute Gasteiger partial charge is 0.384 e. The number of benzene rings is 1. The summed E-state index contributed by atoms with van der Waals surface area (Å²) in [5, 5.41) is 8.59. The zero-order valence-electron chi connectivity index (χ0n) is 15.9. The van der Waals surface area contributed by atoms with Gasteiger partial charge in [0.1, 0.15) is 17.1 Å². The van der Waals surface area contributed by atoms with E-state index in [2.05, 4.69) is 25.2 Å². The zero-order valence-corrected chi connectivity index (χ0v) is 17.4. The van der Waals surface area contributed by atoms with Gasteiger partial charge in [-0.15, -0.1) is 0 Å². The normalized spacial score (nSPS) is 11.5. The van der Waals surface area contributed by atoms with Crippen molar-refractivity contribution in [1.82, 2.24) is 29.7 Å². The molecule has 0 aliphatic rings. The molecule has 2 N–H and O–H groups in total. The highest BCUT2D eigenvalue weighted by Gasteiger charge is 2.22. The Kier molecular flexibility index (Phi) is 4.95. The lowest BCUT2D eigenvalue weighted by Crippen LogP contribution is -2.02. The molecule has 0 saturated carbocycles. The van der Waals surface area contributed by atoms with Gasteiger partial charge in [0.25, 0.3) is 12.3 Å². The number of nitrogen functional groups attached to an aromatic ring is 1. The van der Waals surface area contributed by atoms with Gasteiger partial charge in [-0.25, -0.2) is 23.3 Å². The van der Waals surface area contributed by atoms with Crippen LogP contribution in [0.25, 0.3) is 39.7 Å². The summed E-state index contributed by atoms with van der Waals surface area (Å²) in [4.78, 5) is 12.8. The summed E-state index contributed by atoms with van der Waals surface area (Å²) >= 11 is 12.1. The molecule has 0 bridgehead atoms. The number of halogens is 4. The Morgan fingerprint density at radius 2 is 1.78 bits per heavy atom. The van der Waals surface area contributed by atoms with Gasteiger partial charge in [-0.1, -0.05) is 34.4 Å². The molecule has 5 rings (SSSR count). The molecule has 0 unspecified atom stereocenters. The summed E-state index contributed by atoms with van der Waals surface area (Å²) in [5.41, 5.74) is 6.99. The molecule has 160 valence electrons. The Balaban J connectivity index is 1.65. The van der Waals surface area contributed by atoms with Crippen molar-refractivity contribution in [3.63, 3.8) is 0 Å². The molecule has 5 aromatic rings. The van der Waals surface area contributed by atoms with Crippen molar-refractivity contribution in [2.24, 2.45) is 0 Å². The fourth-order valence-corrected chi connectivity index (χ4v) is 3.38. The number of nitrogens with zero attached hydrogens (tertiary/aromatic N) is 6. The maximum Gasteiger partial charge on any atom is 0.280 e. The van der Waals surface area contributed by atoms with Crippen LogP contribution in [-0.4, -0.2) is 29.7 Å². The quantitative estimate of drug-likeness (QED) is 0.375. The van der Waals surface area contributed by atoms with Gasteiger partial charge >= 0.3 is 0 Å². The van der Waals surface area contributed by atoms with Crippen LogP contribution in [0.5, 0.6) is 0 Å². The second-order valence-electron chi connectivity index (χ2n) is 6.68. The Morgan fingerprint density at radius 1 is 0.969 bits per heavy atom. The van der Waals surface area contributed by atoms with Crippen molar-refractivity contribution >= 4 is 34.7 Å². The zero-order chi connectivity index (χ0) is 22.4. The van der Waals surface area contributed by atoms with Crippen LogP contribution in [0.15, 0.2) is 53.3 Å². The molecule has 12 heteroatoms. The van der Waals surface area contributed by atoms with Crippen molar-refractivity contribution in [1.29, 1.82) is 0 Å². The summed E-state index contributed by atoms with van der Waals surface area (Å²) in [6.45, 7) is 0. The van der Waals surface area contributed by atoms with E-state index in [0.717, 1.165) is 4.52 Å². The highest BCUT2D eigenvalue weighted by molar-refractivity contribution is 6.42. The van der Waals surface area contributed by atoms with Crippen LogP contribution in [0.3, 0.4) is 0 Å². The molecule has 4 aromatic heterocycles. The Hall–Kier alpha value is -3.63. The van der Waals surface area contributed by atoms with Gasteiger partial charge in [-0.3, -0.25) is 0 Å². The number of alkyl halides is 2. The highest BCUT2D eigenvalue weighted by Crippen LogP contribution is 2.33. The lowest BCUT2D eigenvalue weighted by Gasteiger charge is -2.08. The number of anilines is 1. The Bertz CT molecular complexity index is 1450. The van der Waals surface area contributed by atoms with Crippen molar-refractivity contribution in [3.05, 3.63) is 64.5 Å². The van der Waals surface area contributed by atoms with Crippen LogP contribution < -0.4 is 5.73 Å². The third kappa shape index (κ3) is 3.53. The maximum absolute atomic E-state index is 13.8. The Labute approximate surface area is 188 Å². The van der Waals surface area contributed by atoms with Crippen LogP contribution >= 0.6 is 23.2 Å². The second-order valence-corrected chi connectivity index (χ2v) is 7.50. The molecule has 0 fully saturated rings. The van der Waals surface area contributed by atoms with Crippen LogP contribution in [0.4, 0.5) is 14.6 Å². The molecule has 0 saturated heterocycles. The van der Waals surface area contributed by atoms with Gasteiger partial charge in [0.2, 0.25) is 5.82 Å². The van der Waals surface area contributed by atoms with Gasteiger partial charge in [-0.2, -0.15) is 10.1 Å². The number of pyridine rings is 1. The molecule has 0 atom stereocenters. The second kappa shape index (κ2) is 7.81. The van der Waals surface area contributed by atoms with Crippen molar-refractivity contribution in [2.45, 2.75) is 6.43 Å².